The average molecular weight is 529 g/mol. The zero-order valence-electron chi connectivity index (χ0n) is 20.0. The van der Waals surface area contributed by atoms with Gasteiger partial charge in [-0.05, 0) is 29.3 Å². The second-order valence-electron chi connectivity index (χ2n) is 8.41. The molecule has 1 unspecified atom stereocenters. The molecule has 3 atom stereocenters. The van der Waals surface area contributed by atoms with Crippen LogP contribution in [-0.4, -0.2) is 34.7 Å². The van der Waals surface area contributed by atoms with E-state index < -0.39 is 34.8 Å². The number of hydrogen-bond acceptors (Lipinski definition) is 9. The molecule has 0 bridgehead atoms. The number of benzene rings is 1. The molecule has 10 nitrogen and oxygen atoms in total. The van der Waals surface area contributed by atoms with Crippen LogP contribution >= 0.6 is 23.1 Å². The molecule has 35 heavy (non-hydrogen) atoms. The van der Waals surface area contributed by atoms with Crippen LogP contribution in [0.5, 0.6) is 0 Å². The van der Waals surface area contributed by atoms with Crippen molar-refractivity contribution >= 4 is 40.8 Å². The predicted octanol–water partition coefficient (Wildman–Crippen LogP) is -0.715. The van der Waals surface area contributed by atoms with Crippen molar-refractivity contribution < 1.29 is 43.9 Å². The number of nitroso groups, excluding NO2 is 1. The van der Waals surface area contributed by atoms with E-state index in [1.807, 2.05) is 31.4 Å². The van der Waals surface area contributed by atoms with Crippen LogP contribution < -0.4 is 52.1 Å². The average Bonchev–Trinajstić information content (AvgIpc) is 3.27. The first-order chi connectivity index (χ1) is 16.0. The molecule has 0 saturated carbocycles. The Bertz CT molecular complexity index is 995. The Morgan fingerprint density at radius 3 is 2.31 bits per heavy atom. The Morgan fingerprint density at radius 2 is 1.80 bits per heavy atom. The summed E-state index contributed by atoms with van der Waals surface area (Å²) in [6, 6.07) is 12.5. The monoisotopic (exact) mass is 528 g/mol. The van der Waals surface area contributed by atoms with Gasteiger partial charge < -0.3 is 32.7 Å². The van der Waals surface area contributed by atoms with E-state index in [1.54, 1.807) is 30.3 Å². The van der Waals surface area contributed by atoms with Crippen LogP contribution in [0.2, 0.25) is 0 Å². The molecule has 0 fully saturated rings. The molecule has 2 aromatic rings. The second-order valence-corrected chi connectivity index (χ2v) is 10.7. The Balaban J connectivity index is 0.00000612. The normalized spacial score (nSPS) is 15.1. The van der Waals surface area contributed by atoms with E-state index in [1.165, 1.54) is 23.1 Å². The van der Waals surface area contributed by atoms with Gasteiger partial charge in [0.25, 0.3) is 5.91 Å². The van der Waals surface area contributed by atoms with Crippen LogP contribution in [0, 0.1) is 16.7 Å². The van der Waals surface area contributed by atoms with Gasteiger partial charge in [0, 0.05) is 18.1 Å². The van der Waals surface area contributed by atoms with Gasteiger partial charge in [-0.25, -0.2) is 0 Å². The summed E-state index contributed by atoms with van der Waals surface area (Å²) < 4.78 is 0.888. The number of nitrogens with zero attached hydrogens (tertiary/aromatic N) is 2. The summed E-state index contributed by atoms with van der Waals surface area (Å²) in [6.45, 7) is 3.65. The van der Waals surface area contributed by atoms with Crippen LogP contribution in [0.3, 0.4) is 0 Å². The van der Waals surface area contributed by atoms with Crippen LogP contribution in [-0.2, 0) is 20.8 Å². The van der Waals surface area contributed by atoms with Gasteiger partial charge in [0.1, 0.15) is 5.54 Å². The SMILES string of the molecule is CC(C)C[C@@](N)(C(=O)N[C@@](N)(Cc1ccccc1)C(N)=O)C(CSc1cccs1)C(=O)[N-]N=O.[Na+]. The quantitative estimate of drug-likeness (QED) is 0.0869. The number of nitrogens with two attached hydrogens (primary N) is 3. The fourth-order valence-corrected chi connectivity index (χ4v) is 5.60. The van der Waals surface area contributed by atoms with Crippen molar-refractivity contribution in [3.63, 3.8) is 0 Å². The maximum Gasteiger partial charge on any atom is 1.00 e. The zero-order valence-corrected chi connectivity index (χ0v) is 23.6. The summed E-state index contributed by atoms with van der Waals surface area (Å²) >= 11 is 2.75. The molecule has 0 radical (unpaired) electrons. The first-order valence-corrected chi connectivity index (χ1v) is 12.4. The number of amides is 3. The number of carbonyl (C=O) groups excluding carboxylic acids is 3. The van der Waals surface area contributed by atoms with E-state index in [9.17, 15) is 19.3 Å². The van der Waals surface area contributed by atoms with Crippen LogP contribution in [0.25, 0.3) is 5.43 Å². The summed E-state index contributed by atoms with van der Waals surface area (Å²) in [7, 11) is 0. The van der Waals surface area contributed by atoms with E-state index in [2.05, 4.69) is 16.0 Å². The van der Waals surface area contributed by atoms with Gasteiger partial charge in [-0.15, -0.1) is 28.4 Å². The summed E-state index contributed by atoms with van der Waals surface area (Å²) in [4.78, 5) is 49.4. The summed E-state index contributed by atoms with van der Waals surface area (Å²) in [5.74, 6) is -4.02. The number of rotatable bonds is 13. The molecule has 0 aliphatic heterocycles. The smallest absolute Gasteiger partial charge is 0.506 e. The largest absolute Gasteiger partial charge is 1.00 e. The van der Waals surface area contributed by atoms with Gasteiger partial charge in [0.15, 0.2) is 5.66 Å². The van der Waals surface area contributed by atoms with E-state index in [4.69, 9.17) is 17.2 Å². The third-order valence-electron chi connectivity index (χ3n) is 5.22. The van der Waals surface area contributed by atoms with Crippen molar-refractivity contribution in [2.24, 2.45) is 34.3 Å². The van der Waals surface area contributed by atoms with Gasteiger partial charge >= 0.3 is 29.6 Å². The number of thiophene rings is 1. The van der Waals surface area contributed by atoms with Gasteiger partial charge in [0.2, 0.25) is 5.91 Å². The fourth-order valence-electron chi connectivity index (χ4n) is 3.56. The predicted molar refractivity (Wildman–Crippen MR) is 133 cm³/mol. The number of carbonyl (C=O) groups is 3. The van der Waals surface area contributed by atoms with E-state index in [-0.39, 0.29) is 54.1 Å². The Morgan fingerprint density at radius 1 is 1.14 bits per heavy atom. The maximum absolute atomic E-state index is 13.6. The first kappa shape index (κ1) is 31.2. The second kappa shape index (κ2) is 14.1. The minimum atomic E-state index is -1.96. The van der Waals surface area contributed by atoms with Crippen molar-refractivity contribution in [1.82, 2.24) is 5.32 Å². The van der Waals surface area contributed by atoms with Crippen LogP contribution in [0.1, 0.15) is 25.8 Å². The maximum atomic E-state index is 13.6. The fraction of sp³-hybridized carbons (Fsp3) is 0.409. The van der Waals surface area contributed by atoms with Gasteiger partial charge in [-0.3, -0.25) is 9.59 Å². The minimum absolute atomic E-state index is 0. The zero-order chi connectivity index (χ0) is 25.4. The first-order valence-electron chi connectivity index (χ1n) is 10.5. The van der Waals surface area contributed by atoms with Gasteiger partial charge in [-0.1, -0.05) is 50.2 Å². The molecular weight excluding hydrogens is 499 g/mol. The van der Waals surface area contributed by atoms with Crippen molar-refractivity contribution in [2.75, 3.05) is 5.75 Å². The molecule has 1 aromatic heterocycles. The molecule has 1 aromatic carbocycles. The molecule has 2 rings (SSSR count). The van der Waals surface area contributed by atoms with Crippen molar-refractivity contribution in [3.8, 4) is 0 Å². The molecule has 184 valence electrons. The third-order valence-corrected chi connectivity index (χ3v) is 7.44. The molecule has 0 saturated heterocycles. The molecule has 13 heteroatoms. The Labute approximate surface area is 234 Å². The summed E-state index contributed by atoms with van der Waals surface area (Å²) in [5, 5.41) is 6.70. The number of thioether (sulfide) groups is 1. The molecule has 1 heterocycles. The van der Waals surface area contributed by atoms with Gasteiger partial charge in [0.05, 0.1) is 10.1 Å². The van der Waals surface area contributed by atoms with Crippen molar-refractivity contribution in [2.45, 2.75) is 42.1 Å². The Hall–Kier alpha value is -1.80. The standard InChI is InChI=1S/C22H30N6O4S2.Na/c1-14(2)11-21(24,16(18(29)27-28-32)13-34-17-9-6-10-33-17)20(31)26-22(25,19(23)30)12-15-7-4-3-5-8-15;/h3-10,14,16H,11-13,24-25H2,1-2H3,(H4,23,26,27,29,30,31,32);/q;+1/p-1/t16?,21-,22-;/m0./s1. The van der Waals surface area contributed by atoms with Crippen molar-refractivity contribution in [1.29, 1.82) is 0 Å². The molecule has 0 aliphatic rings. The number of hydrogen-bond donors (Lipinski definition) is 4. The van der Waals surface area contributed by atoms with Crippen molar-refractivity contribution in [3.05, 3.63) is 63.7 Å². The van der Waals surface area contributed by atoms with Crippen LogP contribution in [0.4, 0.5) is 0 Å². The summed E-state index contributed by atoms with van der Waals surface area (Å²) in [6.07, 6.45) is -0.0374. The summed E-state index contributed by atoms with van der Waals surface area (Å²) in [5.41, 5.74) is 18.4. The third kappa shape index (κ3) is 8.67. The van der Waals surface area contributed by atoms with Crippen LogP contribution in [0.15, 0.2) is 57.3 Å². The molecule has 0 spiro atoms. The van der Waals surface area contributed by atoms with E-state index in [0.29, 0.717) is 5.56 Å². The number of primary amides is 1. The molecular formula is C22H29N6NaO4S2. The van der Waals surface area contributed by atoms with E-state index in [0.717, 1.165) is 4.21 Å². The van der Waals surface area contributed by atoms with E-state index >= 15 is 0 Å². The van der Waals surface area contributed by atoms with Gasteiger partial charge in [-0.2, -0.15) is 4.91 Å². The Kier molecular flexibility index (Phi) is 12.6. The topological polar surface area (TPSA) is 185 Å². The molecule has 3 amide bonds. The minimum Gasteiger partial charge on any atom is -0.506 e. The molecule has 7 N–H and O–H groups in total. The molecule has 0 aliphatic carbocycles. The number of nitrogens with one attached hydrogen (secondary N) is 1.